The maximum absolute atomic E-state index is 2.74. The molecular weight excluding hydrogens is 1310 g/mol. The van der Waals surface area contributed by atoms with Crippen LogP contribution < -0.4 is 31.7 Å². The zero-order valence-electron chi connectivity index (χ0n) is 58.3. The maximum Gasteiger partial charge on any atom is 0.333 e. The molecule has 8 heteroatoms. The van der Waals surface area contributed by atoms with Crippen molar-refractivity contribution in [2.24, 2.45) is 0 Å². The van der Waals surface area contributed by atoms with Crippen molar-refractivity contribution in [1.82, 2.24) is 18.1 Å². The van der Waals surface area contributed by atoms with E-state index in [1.54, 1.807) is 0 Å². The van der Waals surface area contributed by atoms with Gasteiger partial charge < -0.3 is 27.9 Å². The molecule has 0 bridgehead atoms. The predicted molar refractivity (Wildman–Crippen MR) is 458 cm³/mol. The van der Waals surface area contributed by atoms with Crippen LogP contribution in [0, 0.1) is 0 Å². The van der Waals surface area contributed by atoms with E-state index in [0.717, 1.165) is 28.3 Å². The Kier molecular flexibility index (Phi) is 11.1. The van der Waals surface area contributed by atoms with Crippen LogP contribution in [0.5, 0.6) is 0 Å². The number of hydrogen-bond donors (Lipinski definition) is 0. The van der Waals surface area contributed by atoms with Gasteiger partial charge in [-0.25, -0.2) is 0 Å². The zero-order valence-corrected chi connectivity index (χ0v) is 58.3. The van der Waals surface area contributed by atoms with Crippen molar-refractivity contribution in [3.63, 3.8) is 0 Å². The molecule has 0 saturated heterocycles. The molecule has 0 radical (unpaired) electrons. The van der Waals surface area contributed by atoms with Gasteiger partial charge in [-0.15, -0.1) is 0 Å². The second kappa shape index (κ2) is 20.9. The SMILES string of the molecule is c1ccc(-n2c3ccccc3c3c4c5c(cc32)-c2cccc3c6ccccc6n(c23)B5c2cc3ccccc3cc2N4c2ccc3ccc(-c4cc5c6c(c4)c4ccccc4n6B4c6c-5cc5c(c6N(c6ccc7ccccc7c6)c6ccc7ccccc7c64)c4ccccc4n5-c4ccccc4)cc3c2)cc1. The van der Waals surface area contributed by atoms with Gasteiger partial charge in [0, 0.05) is 110 Å². The fourth-order valence-electron chi connectivity index (χ4n) is 20.6. The van der Waals surface area contributed by atoms with Crippen LogP contribution in [0.25, 0.3) is 175 Å². The van der Waals surface area contributed by atoms with Gasteiger partial charge in [-0.1, -0.05) is 237 Å². The maximum atomic E-state index is 2.74. The molecular formula is C100H58B2N6. The van der Waals surface area contributed by atoms with Crippen LogP contribution in [0.15, 0.2) is 352 Å². The van der Waals surface area contributed by atoms with Crippen LogP contribution in [0.3, 0.4) is 0 Å². The number of para-hydroxylation sites is 7. The first-order valence-electron chi connectivity index (χ1n) is 37.7. The van der Waals surface area contributed by atoms with Crippen molar-refractivity contribution in [3.05, 3.63) is 352 Å². The van der Waals surface area contributed by atoms with E-state index in [0.29, 0.717) is 0 Å². The van der Waals surface area contributed by atoms with Crippen molar-refractivity contribution >= 4 is 200 Å². The first-order valence-corrected chi connectivity index (χ1v) is 37.7. The Balaban J connectivity index is 0.753. The molecule has 4 aliphatic heterocycles. The summed E-state index contributed by atoms with van der Waals surface area (Å²) in [5.41, 5.74) is 31.6. The largest absolute Gasteiger partial charge is 0.375 e. The number of aromatic nitrogens is 4. The fraction of sp³-hybridized carbons (Fsp3) is 0. The summed E-state index contributed by atoms with van der Waals surface area (Å²) in [6, 6.07) is 134. The number of hydrogen-bond acceptors (Lipinski definition) is 2. The Labute approximate surface area is 620 Å². The van der Waals surface area contributed by atoms with E-state index in [2.05, 4.69) is 380 Å². The van der Waals surface area contributed by atoms with E-state index in [9.17, 15) is 0 Å². The Morgan fingerprint density at radius 3 is 1.35 bits per heavy atom. The molecule has 18 aromatic carbocycles. The van der Waals surface area contributed by atoms with E-state index >= 15 is 0 Å². The van der Waals surface area contributed by atoms with Crippen LogP contribution in [0.4, 0.5) is 34.1 Å². The Hall–Kier alpha value is -14.1. The molecule has 4 aromatic heterocycles. The number of nitrogens with zero attached hydrogens (tertiary/aromatic N) is 6. The molecule has 6 nitrogen and oxygen atoms in total. The van der Waals surface area contributed by atoms with Crippen molar-refractivity contribution in [3.8, 4) is 44.8 Å². The molecule has 0 aliphatic carbocycles. The highest BCUT2D eigenvalue weighted by Gasteiger charge is 2.48. The van der Waals surface area contributed by atoms with Crippen LogP contribution in [0.2, 0.25) is 0 Å². The van der Waals surface area contributed by atoms with E-state index in [-0.39, 0.29) is 13.7 Å². The quantitative estimate of drug-likeness (QED) is 0.161. The van der Waals surface area contributed by atoms with Crippen molar-refractivity contribution in [2.45, 2.75) is 0 Å². The predicted octanol–water partition coefficient (Wildman–Crippen LogP) is 23.2. The van der Waals surface area contributed by atoms with Crippen LogP contribution in [-0.2, 0) is 0 Å². The first-order chi connectivity index (χ1) is 53.6. The Morgan fingerprint density at radius 1 is 0.213 bits per heavy atom. The van der Waals surface area contributed by atoms with Gasteiger partial charge in [-0.3, -0.25) is 0 Å². The lowest BCUT2D eigenvalue weighted by molar-refractivity contribution is 1.18. The van der Waals surface area contributed by atoms with Gasteiger partial charge in [0.05, 0.1) is 33.4 Å². The first kappa shape index (κ1) is 57.3. The molecule has 4 aliphatic rings. The summed E-state index contributed by atoms with van der Waals surface area (Å²) in [7, 11) is 0. The summed E-state index contributed by atoms with van der Waals surface area (Å²) in [5.74, 6) is 0. The van der Waals surface area contributed by atoms with E-state index < -0.39 is 0 Å². The highest BCUT2D eigenvalue weighted by atomic mass is 15.2. The topological polar surface area (TPSA) is 26.2 Å². The monoisotopic (exact) mass is 1360 g/mol. The van der Waals surface area contributed by atoms with Crippen molar-refractivity contribution in [1.29, 1.82) is 0 Å². The summed E-state index contributed by atoms with van der Waals surface area (Å²) in [6.45, 7) is -0.326. The minimum atomic E-state index is -0.186. The summed E-state index contributed by atoms with van der Waals surface area (Å²) in [4.78, 5) is 5.31. The number of anilines is 6. The third-order valence-corrected chi connectivity index (χ3v) is 24.9. The normalized spacial score (nSPS) is 13.3. The molecule has 26 rings (SSSR count). The number of fused-ring (bicyclic) bond motifs is 27. The molecule has 0 atom stereocenters. The van der Waals surface area contributed by atoms with Crippen LogP contribution in [0.1, 0.15) is 0 Å². The van der Waals surface area contributed by atoms with Crippen LogP contribution in [-0.4, -0.2) is 31.8 Å². The minimum Gasteiger partial charge on any atom is -0.375 e. The third-order valence-electron chi connectivity index (χ3n) is 24.9. The van der Waals surface area contributed by atoms with Gasteiger partial charge in [0.2, 0.25) is 0 Å². The minimum absolute atomic E-state index is 0.139. The highest BCUT2D eigenvalue weighted by Crippen LogP contribution is 2.55. The summed E-state index contributed by atoms with van der Waals surface area (Å²) < 4.78 is 10.5. The average molecular weight is 1370 g/mol. The average Bonchev–Trinajstić information content (AvgIpc) is 1.41. The molecule has 22 aromatic rings. The van der Waals surface area contributed by atoms with Crippen molar-refractivity contribution < 1.29 is 0 Å². The third kappa shape index (κ3) is 7.38. The molecule has 0 N–H and O–H groups in total. The molecule has 0 fully saturated rings. The molecule has 8 heterocycles. The van der Waals surface area contributed by atoms with Gasteiger partial charge in [0.25, 0.3) is 0 Å². The lowest BCUT2D eigenvalue weighted by atomic mass is 9.44. The number of rotatable bonds is 5. The van der Waals surface area contributed by atoms with E-state index in [1.807, 2.05) is 0 Å². The van der Waals surface area contributed by atoms with Gasteiger partial charge >= 0.3 is 13.7 Å². The zero-order chi connectivity index (χ0) is 69.9. The fourth-order valence-corrected chi connectivity index (χ4v) is 20.6. The van der Waals surface area contributed by atoms with Crippen LogP contribution >= 0.6 is 0 Å². The van der Waals surface area contributed by atoms with E-state index in [1.165, 1.54) is 203 Å². The Morgan fingerprint density at radius 2 is 0.685 bits per heavy atom. The molecule has 494 valence electrons. The highest BCUT2D eigenvalue weighted by molar-refractivity contribution is 6.92. The van der Waals surface area contributed by atoms with Gasteiger partial charge in [-0.05, 0) is 202 Å². The van der Waals surface area contributed by atoms with Crippen molar-refractivity contribution in [2.75, 3.05) is 9.80 Å². The lowest BCUT2D eigenvalue weighted by Gasteiger charge is -2.41. The summed E-state index contributed by atoms with van der Waals surface area (Å²) in [6.07, 6.45) is 0. The molecule has 0 saturated carbocycles. The van der Waals surface area contributed by atoms with E-state index in [4.69, 9.17) is 0 Å². The molecule has 0 amide bonds. The lowest BCUT2D eigenvalue weighted by Crippen LogP contribution is -2.57. The standard InChI is InChI=1S/C100H58B2N6/c1-3-27-68(28-4-1)103-84-38-17-15-34-77(84)92-90(103)57-79-76-37-21-36-75-73-32-13-19-40-86(73)107(97(75)76)101-83-55-63-25-9-10-26-64(63)56-89(83)106(99(92)95(79)101)71-48-45-60-42-43-65(50-66(60)52-71)67-53-81-74-33-14-20-41-87(74)108-98(81)82(54-67)80-58-91-93(78-35-16-18-39-85(78)104(91)69-29-5-2-6-30-69)100-96(80)102(108)94-72-31-12-11-23-61(72)46-49-88(94)105(100)70-47-44-59-22-7-8-24-62(59)51-70/h1-58H. The van der Waals surface area contributed by atoms with Gasteiger partial charge in [0.15, 0.2) is 0 Å². The summed E-state index contributed by atoms with van der Waals surface area (Å²) >= 11 is 0. The van der Waals surface area contributed by atoms with Gasteiger partial charge in [-0.2, -0.15) is 0 Å². The number of benzene rings is 18. The van der Waals surface area contributed by atoms with Gasteiger partial charge in [0.1, 0.15) is 0 Å². The molecule has 0 unspecified atom stereocenters. The molecule has 108 heavy (non-hydrogen) atoms. The second-order valence-electron chi connectivity index (χ2n) is 30.2. The summed E-state index contributed by atoms with van der Waals surface area (Å²) in [5, 5.41) is 19.7. The smallest absolute Gasteiger partial charge is 0.333 e. The second-order valence-corrected chi connectivity index (χ2v) is 30.2. The molecule has 0 spiro atoms. The Bertz CT molecular complexity index is 7850.